The van der Waals surface area contributed by atoms with Crippen molar-refractivity contribution < 1.29 is 14.3 Å². The quantitative estimate of drug-likeness (QED) is 0.781. The number of methoxy groups -OCH3 is 1. The maximum Gasteiger partial charge on any atom is 0.321 e. The van der Waals surface area contributed by atoms with E-state index in [9.17, 15) is 9.59 Å². The van der Waals surface area contributed by atoms with Crippen LogP contribution in [-0.2, 0) is 11.3 Å². The Morgan fingerprint density at radius 1 is 1.03 bits per heavy atom. The van der Waals surface area contributed by atoms with Crippen LogP contribution in [-0.4, -0.2) is 73.0 Å². The smallest absolute Gasteiger partial charge is 0.321 e. The van der Waals surface area contributed by atoms with Gasteiger partial charge in [0.25, 0.3) is 0 Å². The normalized spacial score (nSPS) is 21.6. The van der Waals surface area contributed by atoms with Crippen molar-refractivity contribution in [3.63, 3.8) is 0 Å². The second-order valence-corrected chi connectivity index (χ2v) is 8.86. The molecule has 2 aliphatic rings. The molecule has 0 saturated carbocycles. The first-order valence-electron chi connectivity index (χ1n) is 11.2. The Bertz CT molecular complexity index is 934. The van der Waals surface area contributed by atoms with Gasteiger partial charge in [-0.1, -0.05) is 30.3 Å². The maximum atomic E-state index is 13.1. The van der Waals surface area contributed by atoms with Crippen molar-refractivity contribution in [3.8, 4) is 5.75 Å². The number of carbonyl (C=O) groups excluding carboxylic acids is 2. The van der Waals surface area contributed by atoms with Crippen molar-refractivity contribution in [1.29, 1.82) is 0 Å². The molecule has 4 rings (SSSR count). The van der Waals surface area contributed by atoms with E-state index in [1.165, 1.54) is 5.56 Å². The lowest BCUT2D eigenvalue weighted by Gasteiger charge is -2.33. The molecule has 32 heavy (non-hydrogen) atoms. The van der Waals surface area contributed by atoms with Crippen molar-refractivity contribution in [2.45, 2.75) is 19.9 Å². The fourth-order valence-electron chi connectivity index (χ4n) is 4.85. The molecule has 2 aromatic carbocycles. The number of carbonyl (C=O) groups is 2. The Morgan fingerprint density at radius 2 is 1.78 bits per heavy atom. The molecule has 0 bridgehead atoms. The topological polar surface area (TPSA) is 65.1 Å². The lowest BCUT2D eigenvalue weighted by atomic mass is 9.86. The lowest BCUT2D eigenvalue weighted by molar-refractivity contribution is -0.127. The number of amides is 3. The molecule has 3 amide bonds. The molecule has 2 saturated heterocycles. The molecular weight excluding hydrogens is 404 g/mol. The van der Waals surface area contributed by atoms with Crippen LogP contribution in [0.25, 0.3) is 0 Å². The highest BCUT2D eigenvalue weighted by Crippen LogP contribution is 2.35. The van der Waals surface area contributed by atoms with E-state index in [2.05, 4.69) is 22.3 Å². The van der Waals surface area contributed by atoms with Crippen LogP contribution >= 0.6 is 0 Å². The van der Waals surface area contributed by atoms with Gasteiger partial charge in [-0.15, -0.1) is 0 Å². The van der Waals surface area contributed by atoms with E-state index in [1.807, 2.05) is 59.2 Å². The number of hydrogen-bond acceptors (Lipinski definition) is 4. The minimum Gasteiger partial charge on any atom is -0.497 e. The molecule has 7 nitrogen and oxygen atoms in total. The molecule has 7 heteroatoms. The van der Waals surface area contributed by atoms with Crippen LogP contribution in [0.1, 0.15) is 18.9 Å². The number of likely N-dealkylation sites (tertiary alicyclic amines) is 1. The van der Waals surface area contributed by atoms with Gasteiger partial charge in [-0.3, -0.25) is 9.69 Å². The van der Waals surface area contributed by atoms with Gasteiger partial charge in [0.15, 0.2) is 0 Å². The molecule has 2 heterocycles. The van der Waals surface area contributed by atoms with E-state index >= 15 is 0 Å². The number of hydrogen-bond donors (Lipinski definition) is 1. The fraction of sp³-hybridized carbons (Fsp3) is 0.440. The van der Waals surface area contributed by atoms with Crippen molar-refractivity contribution in [2.75, 3.05) is 51.7 Å². The summed E-state index contributed by atoms with van der Waals surface area (Å²) in [5.74, 6) is 1.02. The third-order valence-electron chi connectivity index (χ3n) is 6.44. The summed E-state index contributed by atoms with van der Waals surface area (Å²) in [7, 11) is 1.67. The molecule has 0 aliphatic carbocycles. The summed E-state index contributed by atoms with van der Waals surface area (Å²) >= 11 is 0. The molecule has 170 valence electrons. The molecule has 2 aliphatic heterocycles. The molecule has 2 fully saturated rings. The first-order chi connectivity index (χ1) is 15.5. The van der Waals surface area contributed by atoms with E-state index in [1.54, 1.807) is 7.11 Å². The van der Waals surface area contributed by atoms with Crippen molar-refractivity contribution in [3.05, 3.63) is 60.2 Å². The molecule has 0 radical (unpaired) electrons. The number of anilines is 1. The van der Waals surface area contributed by atoms with Gasteiger partial charge in [-0.05, 0) is 36.8 Å². The van der Waals surface area contributed by atoms with Gasteiger partial charge in [0.2, 0.25) is 5.91 Å². The predicted octanol–water partition coefficient (Wildman–Crippen LogP) is 3.28. The van der Waals surface area contributed by atoms with Crippen LogP contribution in [0.4, 0.5) is 10.5 Å². The first kappa shape index (κ1) is 22.1. The molecule has 1 N–H and O–H groups in total. The predicted molar refractivity (Wildman–Crippen MR) is 125 cm³/mol. The maximum absolute atomic E-state index is 13.1. The average molecular weight is 437 g/mol. The highest BCUT2D eigenvalue weighted by molar-refractivity contribution is 5.89. The Kier molecular flexibility index (Phi) is 6.65. The van der Waals surface area contributed by atoms with Gasteiger partial charge in [-0.2, -0.15) is 0 Å². The highest BCUT2D eigenvalue weighted by atomic mass is 16.5. The van der Waals surface area contributed by atoms with E-state index < -0.39 is 0 Å². The molecule has 0 aromatic heterocycles. The summed E-state index contributed by atoms with van der Waals surface area (Å²) in [6.45, 7) is 6.94. The van der Waals surface area contributed by atoms with Gasteiger partial charge in [0.05, 0.1) is 7.11 Å². The Balaban J connectivity index is 1.52. The van der Waals surface area contributed by atoms with Crippen molar-refractivity contribution >= 4 is 17.6 Å². The summed E-state index contributed by atoms with van der Waals surface area (Å²) in [6.07, 6.45) is 0.481. The van der Waals surface area contributed by atoms with Crippen LogP contribution in [0.3, 0.4) is 0 Å². The van der Waals surface area contributed by atoms with Gasteiger partial charge >= 0.3 is 6.03 Å². The second kappa shape index (κ2) is 9.61. The third-order valence-corrected chi connectivity index (χ3v) is 6.44. The SMILES string of the molecule is CCN1C[C@@]2(CC1=O)CN(Cc1ccc(OC)cc1)CCN(C(=O)Nc1ccccc1)C2. The van der Waals surface area contributed by atoms with Crippen molar-refractivity contribution in [1.82, 2.24) is 14.7 Å². The van der Waals surface area contributed by atoms with Gasteiger partial charge < -0.3 is 19.9 Å². The number of urea groups is 1. The summed E-state index contributed by atoms with van der Waals surface area (Å²) in [4.78, 5) is 32.0. The van der Waals surface area contributed by atoms with Crippen LogP contribution in [0.2, 0.25) is 0 Å². The van der Waals surface area contributed by atoms with Crippen LogP contribution < -0.4 is 10.1 Å². The summed E-state index contributed by atoms with van der Waals surface area (Å²) in [5, 5.41) is 3.02. The number of benzene rings is 2. The second-order valence-electron chi connectivity index (χ2n) is 8.86. The molecule has 1 atom stereocenters. The molecular formula is C25H32N4O3. The third kappa shape index (κ3) is 5.05. The summed E-state index contributed by atoms with van der Waals surface area (Å²) in [6, 6.07) is 17.5. The van der Waals surface area contributed by atoms with Crippen LogP contribution in [0.5, 0.6) is 5.75 Å². The van der Waals surface area contributed by atoms with Gasteiger partial charge in [-0.25, -0.2) is 4.79 Å². The zero-order valence-corrected chi connectivity index (χ0v) is 18.9. The summed E-state index contributed by atoms with van der Waals surface area (Å²) < 4.78 is 5.27. The van der Waals surface area contributed by atoms with E-state index in [0.29, 0.717) is 32.6 Å². The number of nitrogens with one attached hydrogen (secondary N) is 1. The average Bonchev–Trinajstić information content (AvgIpc) is 3.00. The molecule has 0 unspecified atom stereocenters. The Hall–Kier alpha value is -3.06. The van der Waals surface area contributed by atoms with Gasteiger partial charge in [0.1, 0.15) is 5.75 Å². The van der Waals surface area contributed by atoms with E-state index in [-0.39, 0.29) is 17.4 Å². The monoisotopic (exact) mass is 436 g/mol. The van der Waals surface area contributed by atoms with Crippen LogP contribution in [0.15, 0.2) is 54.6 Å². The van der Waals surface area contributed by atoms with Crippen LogP contribution in [0, 0.1) is 5.41 Å². The standard InChI is InChI=1S/C25H32N4O3/c1-3-28-18-25(15-23(28)30)17-27(16-20-9-11-22(32-2)12-10-20)13-14-29(19-25)24(31)26-21-7-5-4-6-8-21/h4-12H,3,13-19H2,1-2H3,(H,26,31)/t25-/m1/s1. The molecule has 2 aromatic rings. The molecule has 1 spiro atoms. The largest absolute Gasteiger partial charge is 0.497 e. The number of para-hydroxylation sites is 1. The first-order valence-corrected chi connectivity index (χ1v) is 11.2. The number of nitrogens with zero attached hydrogens (tertiary/aromatic N) is 3. The fourth-order valence-corrected chi connectivity index (χ4v) is 4.85. The van der Waals surface area contributed by atoms with E-state index in [4.69, 9.17) is 4.74 Å². The van der Waals surface area contributed by atoms with Crippen molar-refractivity contribution in [2.24, 2.45) is 5.41 Å². The zero-order chi connectivity index (χ0) is 22.6. The minimum absolute atomic E-state index is 0.107. The lowest BCUT2D eigenvalue weighted by Crippen LogP contribution is -2.45. The highest BCUT2D eigenvalue weighted by Gasteiger charge is 2.46. The zero-order valence-electron chi connectivity index (χ0n) is 18.9. The van der Waals surface area contributed by atoms with E-state index in [0.717, 1.165) is 31.1 Å². The Morgan fingerprint density at radius 3 is 2.44 bits per heavy atom. The number of rotatable bonds is 5. The van der Waals surface area contributed by atoms with Gasteiger partial charge in [0, 0.05) is 63.3 Å². The summed E-state index contributed by atoms with van der Waals surface area (Å²) in [5.41, 5.74) is 1.72. The Labute approximate surface area is 189 Å². The number of ether oxygens (including phenoxy) is 1. The minimum atomic E-state index is -0.260.